The van der Waals surface area contributed by atoms with E-state index in [1.54, 1.807) is 0 Å². The molecule has 2 atom stereocenters. The number of para-hydroxylation sites is 2. The zero-order valence-corrected chi connectivity index (χ0v) is 12.9. The van der Waals surface area contributed by atoms with Crippen molar-refractivity contribution in [1.82, 2.24) is 20.2 Å². The molecule has 2 fully saturated rings. The lowest BCUT2D eigenvalue weighted by molar-refractivity contribution is -0.0518. The van der Waals surface area contributed by atoms with Gasteiger partial charge in [-0.2, -0.15) is 0 Å². The maximum atomic E-state index is 10.5. The van der Waals surface area contributed by atoms with Crippen LogP contribution < -0.4 is 5.32 Å². The van der Waals surface area contributed by atoms with Gasteiger partial charge in [0.1, 0.15) is 5.82 Å². The minimum Gasteiger partial charge on any atom is -0.392 e. The SMILES string of the molecule is O[C@H]1CCNC[C@]12CCCN(Cc1nc3ccccc3[nH]1)C2. The number of benzene rings is 1. The molecule has 5 heteroatoms. The van der Waals surface area contributed by atoms with E-state index in [0.29, 0.717) is 0 Å². The molecule has 1 spiro atoms. The third-order valence-electron chi connectivity index (χ3n) is 5.28. The van der Waals surface area contributed by atoms with Crippen molar-refractivity contribution in [3.05, 3.63) is 30.1 Å². The first kappa shape index (κ1) is 14.2. The summed E-state index contributed by atoms with van der Waals surface area (Å²) in [5, 5.41) is 14.0. The van der Waals surface area contributed by atoms with Crippen molar-refractivity contribution in [3.8, 4) is 0 Å². The highest BCUT2D eigenvalue weighted by molar-refractivity contribution is 5.74. The fourth-order valence-electron chi connectivity index (χ4n) is 4.10. The number of H-pyrrole nitrogens is 1. The molecule has 0 aliphatic carbocycles. The van der Waals surface area contributed by atoms with Gasteiger partial charge in [0, 0.05) is 18.5 Å². The highest BCUT2D eigenvalue weighted by atomic mass is 16.3. The molecular formula is C17H24N4O. The number of nitrogens with zero attached hydrogens (tertiary/aromatic N) is 2. The number of hydrogen-bond donors (Lipinski definition) is 3. The summed E-state index contributed by atoms with van der Waals surface area (Å²) in [6.45, 7) is 4.75. The van der Waals surface area contributed by atoms with Gasteiger partial charge >= 0.3 is 0 Å². The topological polar surface area (TPSA) is 64.2 Å². The smallest absolute Gasteiger partial charge is 0.121 e. The Kier molecular flexibility index (Phi) is 3.64. The van der Waals surface area contributed by atoms with Crippen molar-refractivity contribution in [2.75, 3.05) is 26.2 Å². The van der Waals surface area contributed by atoms with Gasteiger partial charge in [0.05, 0.1) is 23.7 Å². The van der Waals surface area contributed by atoms with Crippen LogP contribution in [0.3, 0.4) is 0 Å². The highest BCUT2D eigenvalue weighted by Crippen LogP contribution is 2.36. The Labute approximate surface area is 130 Å². The summed E-state index contributed by atoms with van der Waals surface area (Å²) in [4.78, 5) is 10.5. The predicted molar refractivity (Wildman–Crippen MR) is 86.5 cm³/mol. The summed E-state index contributed by atoms with van der Waals surface area (Å²) >= 11 is 0. The van der Waals surface area contributed by atoms with Gasteiger partial charge in [-0.25, -0.2) is 4.98 Å². The van der Waals surface area contributed by atoms with Crippen LogP contribution in [0.5, 0.6) is 0 Å². The zero-order chi connectivity index (χ0) is 15.0. The van der Waals surface area contributed by atoms with Crippen molar-refractivity contribution in [3.63, 3.8) is 0 Å². The number of aliphatic hydroxyl groups excluding tert-OH is 1. The van der Waals surface area contributed by atoms with E-state index in [2.05, 4.69) is 26.3 Å². The average molecular weight is 300 g/mol. The highest BCUT2D eigenvalue weighted by Gasteiger charge is 2.43. The number of fused-ring (bicyclic) bond motifs is 1. The van der Waals surface area contributed by atoms with E-state index in [9.17, 15) is 5.11 Å². The Morgan fingerprint density at radius 3 is 3.14 bits per heavy atom. The molecule has 0 unspecified atom stereocenters. The standard InChI is InChI=1S/C17H24N4O/c22-15-6-8-18-11-17(15)7-3-9-21(12-17)10-16-19-13-4-1-2-5-14(13)20-16/h1-2,4-5,15,18,22H,3,6-12H2,(H,19,20)/t15-,17-/m0/s1. The van der Waals surface area contributed by atoms with E-state index in [0.717, 1.165) is 68.8 Å². The average Bonchev–Trinajstić information content (AvgIpc) is 2.93. The van der Waals surface area contributed by atoms with E-state index in [-0.39, 0.29) is 11.5 Å². The third kappa shape index (κ3) is 2.53. The minimum absolute atomic E-state index is 0.0303. The maximum Gasteiger partial charge on any atom is 0.121 e. The van der Waals surface area contributed by atoms with Gasteiger partial charge in [0.25, 0.3) is 0 Å². The van der Waals surface area contributed by atoms with Gasteiger partial charge in [-0.15, -0.1) is 0 Å². The van der Waals surface area contributed by atoms with E-state index in [4.69, 9.17) is 0 Å². The summed E-state index contributed by atoms with van der Waals surface area (Å²) in [6.07, 6.45) is 2.97. The number of rotatable bonds is 2. The molecule has 2 aliphatic heterocycles. The van der Waals surface area contributed by atoms with Crippen LogP contribution in [0.2, 0.25) is 0 Å². The van der Waals surface area contributed by atoms with Crippen molar-refractivity contribution in [2.24, 2.45) is 5.41 Å². The minimum atomic E-state index is -0.174. The van der Waals surface area contributed by atoms with E-state index in [1.165, 1.54) is 0 Å². The van der Waals surface area contributed by atoms with Crippen LogP contribution in [0.25, 0.3) is 11.0 Å². The molecular weight excluding hydrogens is 276 g/mol. The van der Waals surface area contributed by atoms with Crippen molar-refractivity contribution in [1.29, 1.82) is 0 Å². The van der Waals surface area contributed by atoms with Crippen LogP contribution in [0.4, 0.5) is 0 Å². The molecule has 0 bridgehead atoms. The summed E-state index contributed by atoms with van der Waals surface area (Å²) in [6, 6.07) is 8.16. The van der Waals surface area contributed by atoms with Gasteiger partial charge in [-0.3, -0.25) is 4.90 Å². The zero-order valence-electron chi connectivity index (χ0n) is 12.9. The molecule has 2 aromatic rings. The Morgan fingerprint density at radius 2 is 2.27 bits per heavy atom. The van der Waals surface area contributed by atoms with Gasteiger partial charge in [0.2, 0.25) is 0 Å². The normalized spacial score (nSPS) is 30.1. The number of nitrogens with one attached hydrogen (secondary N) is 2. The number of imidazole rings is 1. The first-order chi connectivity index (χ1) is 10.8. The second-order valence-corrected chi connectivity index (χ2v) is 6.86. The van der Waals surface area contributed by atoms with Gasteiger partial charge in [-0.05, 0) is 44.5 Å². The van der Waals surface area contributed by atoms with Gasteiger partial charge < -0.3 is 15.4 Å². The van der Waals surface area contributed by atoms with E-state index >= 15 is 0 Å². The summed E-state index contributed by atoms with van der Waals surface area (Å²) in [5.74, 6) is 1.02. The molecule has 1 aromatic carbocycles. The predicted octanol–water partition coefficient (Wildman–Crippen LogP) is 1.50. The first-order valence-corrected chi connectivity index (χ1v) is 8.30. The lowest BCUT2D eigenvalue weighted by Crippen LogP contribution is -2.57. The summed E-state index contributed by atoms with van der Waals surface area (Å²) in [5.41, 5.74) is 2.16. The van der Waals surface area contributed by atoms with Crippen molar-refractivity contribution < 1.29 is 5.11 Å². The monoisotopic (exact) mass is 300 g/mol. The molecule has 3 heterocycles. The third-order valence-corrected chi connectivity index (χ3v) is 5.28. The Balaban J connectivity index is 1.50. The molecule has 3 N–H and O–H groups in total. The molecule has 0 amide bonds. The number of hydrogen-bond acceptors (Lipinski definition) is 4. The number of aromatic nitrogens is 2. The van der Waals surface area contributed by atoms with Crippen LogP contribution in [0, 0.1) is 5.41 Å². The maximum absolute atomic E-state index is 10.5. The molecule has 118 valence electrons. The second kappa shape index (κ2) is 5.65. The van der Waals surface area contributed by atoms with Crippen LogP contribution in [0.15, 0.2) is 24.3 Å². The lowest BCUT2D eigenvalue weighted by Gasteiger charge is -2.48. The molecule has 0 saturated carbocycles. The number of aliphatic hydroxyl groups is 1. The second-order valence-electron chi connectivity index (χ2n) is 6.86. The molecule has 22 heavy (non-hydrogen) atoms. The van der Waals surface area contributed by atoms with Crippen LogP contribution >= 0.6 is 0 Å². The molecule has 2 saturated heterocycles. The molecule has 5 nitrogen and oxygen atoms in total. The Morgan fingerprint density at radius 1 is 1.36 bits per heavy atom. The molecule has 2 aliphatic rings. The summed E-state index contributed by atoms with van der Waals surface area (Å²) < 4.78 is 0. The van der Waals surface area contributed by atoms with Crippen molar-refractivity contribution in [2.45, 2.75) is 31.9 Å². The Hall–Kier alpha value is -1.43. The first-order valence-electron chi connectivity index (χ1n) is 8.30. The largest absolute Gasteiger partial charge is 0.392 e. The molecule has 4 rings (SSSR count). The lowest BCUT2D eigenvalue weighted by atomic mass is 9.72. The van der Waals surface area contributed by atoms with E-state index in [1.807, 2.05) is 18.2 Å². The Bertz CT molecular complexity index is 618. The van der Waals surface area contributed by atoms with Crippen molar-refractivity contribution >= 4 is 11.0 Å². The van der Waals surface area contributed by atoms with Crippen LogP contribution in [0.1, 0.15) is 25.1 Å². The van der Waals surface area contributed by atoms with Crippen LogP contribution in [-0.4, -0.2) is 52.3 Å². The number of piperidine rings is 2. The fraction of sp³-hybridized carbons (Fsp3) is 0.588. The van der Waals surface area contributed by atoms with Crippen LogP contribution in [-0.2, 0) is 6.54 Å². The molecule has 1 aromatic heterocycles. The summed E-state index contributed by atoms with van der Waals surface area (Å²) in [7, 11) is 0. The quantitative estimate of drug-likeness (QED) is 0.786. The number of aromatic amines is 1. The van der Waals surface area contributed by atoms with Gasteiger partial charge in [-0.1, -0.05) is 12.1 Å². The number of likely N-dealkylation sites (tertiary alicyclic amines) is 1. The van der Waals surface area contributed by atoms with E-state index < -0.39 is 0 Å². The van der Waals surface area contributed by atoms with Gasteiger partial charge in [0.15, 0.2) is 0 Å². The molecule has 0 radical (unpaired) electrons. The fourth-order valence-corrected chi connectivity index (χ4v) is 4.10.